The molecular weight excluding hydrogens is 472 g/mol. The van der Waals surface area contributed by atoms with Crippen LogP contribution >= 0.6 is 0 Å². The number of hydrogen-bond acceptors (Lipinski definition) is 7. The van der Waals surface area contributed by atoms with Crippen LogP contribution in [0.5, 0.6) is 0 Å². The maximum absolute atomic E-state index is 13.3. The van der Waals surface area contributed by atoms with Crippen LogP contribution in [0, 0.1) is 10.1 Å². The normalized spacial score (nSPS) is 15.4. The number of nitro groups is 1. The summed E-state index contributed by atoms with van der Waals surface area (Å²) in [4.78, 5) is 37.1. The van der Waals surface area contributed by atoms with E-state index in [2.05, 4.69) is 12.2 Å². The molecule has 1 aromatic rings. The van der Waals surface area contributed by atoms with E-state index in [1.165, 1.54) is 57.1 Å². The molecule has 1 aromatic carbocycles. The molecule has 0 aromatic heterocycles. The van der Waals surface area contributed by atoms with Crippen LogP contribution in [-0.4, -0.2) is 30.1 Å². The van der Waals surface area contributed by atoms with Crippen LogP contribution in [0.15, 0.2) is 46.8 Å². The molecule has 1 aliphatic heterocycles. The van der Waals surface area contributed by atoms with E-state index in [1.807, 2.05) is 0 Å². The average Bonchev–Trinajstić information content (AvgIpc) is 2.86. The molecule has 0 bridgehead atoms. The highest BCUT2D eigenvalue weighted by atomic mass is 16.6. The number of hydrogen-bond donors (Lipinski definition) is 1. The summed E-state index contributed by atoms with van der Waals surface area (Å²) in [5.74, 6) is -1.94. The SMILES string of the molecule is CCCCCCCCCCCCOC(=O)C1=C(C)NC(C)=C(C(=O)OCC)C1c1cccc([N+](=O)[O-])c1. The summed E-state index contributed by atoms with van der Waals surface area (Å²) >= 11 is 0. The Balaban J connectivity index is 2.08. The van der Waals surface area contributed by atoms with Crippen LogP contribution in [0.4, 0.5) is 5.69 Å². The largest absolute Gasteiger partial charge is 0.463 e. The standard InChI is InChI=1S/C29H42N2O6/c1-5-7-8-9-10-11-12-13-14-15-19-37-29(33)26-22(4)30-21(3)25(28(32)36-6-2)27(26)23-17-16-18-24(20-23)31(34)35/h16-18,20,27,30H,5-15,19H2,1-4H3. The van der Waals surface area contributed by atoms with Crippen LogP contribution in [0.2, 0.25) is 0 Å². The molecule has 1 unspecified atom stereocenters. The van der Waals surface area contributed by atoms with E-state index in [4.69, 9.17) is 9.47 Å². The van der Waals surface area contributed by atoms with E-state index in [0.717, 1.165) is 19.3 Å². The summed E-state index contributed by atoms with van der Waals surface area (Å²) in [5.41, 5.74) is 1.95. The Hall–Kier alpha value is -3.16. The summed E-state index contributed by atoms with van der Waals surface area (Å²) in [6, 6.07) is 6.00. The number of nitrogens with one attached hydrogen (secondary N) is 1. The van der Waals surface area contributed by atoms with E-state index in [0.29, 0.717) is 17.0 Å². The summed E-state index contributed by atoms with van der Waals surface area (Å²) in [7, 11) is 0. The van der Waals surface area contributed by atoms with E-state index in [-0.39, 0.29) is 30.0 Å². The van der Waals surface area contributed by atoms with Gasteiger partial charge < -0.3 is 14.8 Å². The number of carbonyl (C=O) groups is 2. The molecule has 0 fully saturated rings. The lowest BCUT2D eigenvalue weighted by Crippen LogP contribution is -2.32. The van der Waals surface area contributed by atoms with Crippen molar-refractivity contribution in [3.8, 4) is 0 Å². The second-order valence-electron chi connectivity index (χ2n) is 9.53. The monoisotopic (exact) mass is 514 g/mol. The minimum Gasteiger partial charge on any atom is -0.463 e. The lowest BCUT2D eigenvalue weighted by molar-refractivity contribution is -0.384. The van der Waals surface area contributed by atoms with E-state index in [9.17, 15) is 19.7 Å². The molecule has 8 heteroatoms. The molecular formula is C29H42N2O6. The number of nitrogens with zero attached hydrogens (tertiary/aromatic N) is 1. The van der Waals surface area contributed by atoms with Crippen molar-refractivity contribution in [2.75, 3.05) is 13.2 Å². The number of non-ortho nitro benzene ring substituents is 1. The molecule has 0 spiro atoms. The number of benzene rings is 1. The Morgan fingerprint density at radius 1 is 0.865 bits per heavy atom. The zero-order valence-corrected chi connectivity index (χ0v) is 22.8. The predicted molar refractivity (Wildman–Crippen MR) is 144 cm³/mol. The number of allylic oxidation sites excluding steroid dienone is 2. The summed E-state index contributed by atoms with van der Waals surface area (Å²) in [6.07, 6.45) is 11.8. The molecule has 0 amide bonds. The van der Waals surface area contributed by atoms with Gasteiger partial charge in [-0.05, 0) is 32.8 Å². The molecule has 0 saturated heterocycles. The van der Waals surface area contributed by atoms with Gasteiger partial charge in [0.1, 0.15) is 0 Å². The zero-order chi connectivity index (χ0) is 27.2. The van der Waals surface area contributed by atoms with Gasteiger partial charge in [-0.15, -0.1) is 0 Å². The second-order valence-corrected chi connectivity index (χ2v) is 9.53. The zero-order valence-electron chi connectivity index (χ0n) is 22.8. The Morgan fingerprint density at radius 2 is 1.41 bits per heavy atom. The number of ether oxygens (including phenoxy) is 2. The molecule has 204 valence electrons. The molecule has 0 radical (unpaired) electrons. The third-order valence-corrected chi connectivity index (χ3v) is 6.62. The quantitative estimate of drug-likeness (QED) is 0.111. The lowest BCUT2D eigenvalue weighted by Gasteiger charge is -2.30. The first-order valence-electron chi connectivity index (χ1n) is 13.6. The van der Waals surface area contributed by atoms with Crippen molar-refractivity contribution in [3.05, 3.63) is 62.5 Å². The molecule has 1 heterocycles. The fourth-order valence-corrected chi connectivity index (χ4v) is 4.73. The first kappa shape index (κ1) is 30.1. The molecule has 0 saturated carbocycles. The van der Waals surface area contributed by atoms with Gasteiger partial charge in [-0.1, -0.05) is 76.8 Å². The van der Waals surface area contributed by atoms with Crippen LogP contribution in [0.25, 0.3) is 0 Å². The van der Waals surface area contributed by atoms with Crippen molar-refractivity contribution in [1.82, 2.24) is 5.32 Å². The molecule has 1 aliphatic rings. The van der Waals surface area contributed by atoms with Gasteiger partial charge >= 0.3 is 11.9 Å². The summed E-state index contributed by atoms with van der Waals surface area (Å²) in [5, 5.41) is 14.5. The first-order valence-corrected chi connectivity index (χ1v) is 13.6. The third-order valence-electron chi connectivity index (χ3n) is 6.62. The van der Waals surface area contributed by atoms with Crippen molar-refractivity contribution < 1.29 is 24.0 Å². The highest BCUT2D eigenvalue weighted by molar-refractivity contribution is 5.99. The highest BCUT2D eigenvalue weighted by Crippen LogP contribution is 2.40. The van der Waals surface area contributed by atoms with Gasteiger partial charge in [-0.2, -0.15) is 0 Å². The van der Waals surface area contributed by atoms with Crippen LogP contribution < -0.4 is 5.32 Å². The molecule has 8 nitrogen and oxygen atoms in total. The Kier molecular flexibility index (Phi) is 12.9. The fourth-order valence-electron chi connectivity index (χ4n) is 4.73. The molecule has 0 aliphatic carbocycles. The Bertz CT molecular complexity index is 998. The summed E-state index contributed by atoms with van der Waals surface area (Å²) < 4.78 is 10.9. The number of dihydropyridines is 1. The smallest absolute Gasteiger partial charge is 0.336 e. The van der Waals surface area contributed by atoms with Crippen LogP contribution in [0.3, 0.4) is 0 Å². The van der Waals surface area contributed by atoms with Crippen molar-refractivity contribution in [2.24, 2.45) is 0 Å². The highest BCUT2D eigenvalue weighted by Gasteiger charge is 2.38. The van der Waals surface area contributed by atoms with Gasteiger partial charge in [-0.25, -0.2) is 9.59 Å². The number of esters is 2. The minimum atomic E-state index is -0.833. The topological polar surface area (TPSA) is 108 Å². The Morgan fingerprint density at radius 3 is 1.95 bits per heavy atom. The lowest BCUT2D eigenvalue weighted by atomic mass is 9.80. The average molecular weight is 515 g/mol. The number of nitro benzene ring substituents is 1. The van der Waals surface area contributed by atoms with Crippen LogP contribution in [0.1, 0.15) is 103 Å². The van der Waals surface area contributed by atoms with Crippen molar-refractivity contribution in [2.45, 2.75) is 97.8 Å². The third kappa shape index (κ3) is 9.02. The maximum Gasteiger partial charge on any atom is 0.336 e. The Labute approximate surface area is 220 Å². The number of unbranched alkanes of at least 4 members (excludes halogenated alkanes) is 9. The molecule has 37 heavy (non-hydrogen) atoms. The van der Waals surface area contributed by atoms with Gasteiger partial charge in [0.25, 0.3) is 5.69 Å². The maximum atomic E-state index is 13.3. The van der Waals surface area contributed by atoms with Crippen molar-refractivity contribution >= 4 is 17.6 Å². The fraction of sp³-hybridized carbons (Fsp3) is 0.586. The van der Waals surface area contributed by atoms with Crippen molar-refractivity contribution in [3.63, 3.8) is 0 Å². The van der Waals surface area contributed by atoms with E-state index < -0.39 is 22.8 Å². The van der Waals surface area contributed by atoms with Gasteiger partial charge in [0, 0.05) is 23.5 Å². The number of rotatable bonds is 16. The second kappa shape index (κ2) is 15.8. The minimum absolute atomic E-state index is 0.118. The van der Waals surface area contributed by atoms with Gasteiger partial charge in [0.15, 0.2) is 0 Å². The van der Waals surface area contributed by atoms with Crippen LogP contribution in [-0.2, 0) is 19.1 Å². The predicted octanol–water partition coefficient (Wildman–Crippen LogP) is 6.86. The molecule has 1 atom stereocenters. The van der Waals surface area contributed by atoms with Gasteiger partial charge in [0.2, 0.25) is 0 Å². The first-order chi connectivity index (χ1) is 17.8. The van der Waals surface area contributed by atoms with Gasteiger partial charge in [-0.3, -0.25) is 10.1 Å². The summed E-state index contributed by atoms with van der Waals surface area (Å²) in [6.45, 7) is 7.85. The number of carbonyl (C=O) groups excluding carboxylic acids is 2. The molecule has 2 rings (SSSR count). The molecule has 1 N–H and O–H groups in total. The van der Waals surface area contributed by atoms with E-state index >= 15 is 0 Å². The van der Waals surface area contributed by atoms with E-state index in [1.54, 1.807) is 32.9 Å². The van der Waals surface area contributed by atoms with Gasteiger partial charge in [0.05, 0.1) is 35.2 Å². The van der Waals surface area contributed by atoms with Crippen molar-refractivity contribution in [1.29, 1.82) is 0 Å².